The molecule has 0 unspecified atom stereocenters. The highest BCUT2D eigenvalue weighted by atomic mass is 15.2. The van der Waals surface area contributed by atoms with Gasteiger partial charge in [-0.15, -0.1) is 5.10 Å². The first-order valence-electron chi connectivity index (χ1n) is 6.47. The zero-order chi connectivity index (χ0) is 12.8. The summed E-state index contributed by atoms with van der Waals surface area (Å²) in [6.07, 6.45) is 6.86. The predicted octanol–water partition coefficient (Wildman–Crippen LogP) is 1.63. The number of nitrogens with one attached hydrogen (secondary N) is 1. The van der Waals surface area contributed by atoms with E-state index in [0.717, 1.165) is 19.1 Å². The highest BCUT2D eigenvalue weighted by Gasteiger charge is 2.18. The topological polar surface area (TPSA) is 64.8 Å². The predicted molar refractivity (Wildman–Crippen MR) is 70.1 cm³/mol. The Morgan fingerprint density at radius 1 is 1.50 bits per heavy atom. The number of nitriles is 1. The Morgan fingerprint density at radius 2 is 2.28 bits per heavy atom. The van der Waals surface area contributed by atoms with Crippen molar-refractivity contribution in [2.45, 2.75) is 31.7 Å². The molecule has 18 heavy (non-hydrogen) atoms. The molecule has 0 bridgehead atoms. The second-order valence-electron chi connectivity index (χ2n) is 4.75. The van der Waals surface area contributed by atoms with E-state index in [-0.39, 0.29) is 0 Å². The molecule has 0 aliphatic heterocycles. The molecular formula is C13H19N5. The van der Waals surface area contributed by atoms with Gasteiger partial charge in [-0.05, 0) is 26.0 Å². The summed E-state index contributed by atoms with van der Waals surface area (Å²) in [6.45, 7) is 1.76. The van der Waals surface area contributed by atoms with E-state index in [1.807, 2.05) is 0 Å². The van der Waals surface area contributed by atoms with Crippen LogP contribution in [0.15, 0.2) is 12.3 Å². The first-order valence-corrected chi connectivity index (χ1v) is 6.47. The van der Waals surface area contributed by atoms with E-state index in [9.17, 15) is 0 Å². The molecule has 1 fully saturated rings. The van der Waals surface area contributed by atoms with Crippen LogP contribution < -0.4 is 5.32 Å². The minimum Gasteiger partial charge on any atom is -0.366 e. The molecule has 1 heterocycles. The molecule has 1 aromatic heterocycles. The molecule has 96 valence electrons. The van der Waals surface area contributed by atoms with Gasteiger partial charge < -0.3 is 10.2 Å². The number of aromatic nitrogens is 2. The molecule has 0 amide bonds. The van der Waals surface area contributed by atoms with E-state index in [1.54, 1.807) is 6.07 Å². The van der Waals surface area contributed by atoms with Crippen LogP contribution in [0.4, 0.5) is 5.82 Å². The zero-order valence-electron chi connectivity index (χ0n) is 10.8. The maximum absolute atomic E-state index is 8.93. The van der Waals surface area contributed by atoms with Gasteiger partial charge in [0.2, 0.25) is 0 Å². The molecule has 1 aliphatic carbocycles. The van der Waals surface area contributed by atoms with Crippen LogP contribution >= 0.6 is 0 Å². The maximum atomic E-state index is 8.93. The molecule has 1 N–H and O–H groups in total. The third-order valence-corrected chi connectivity index (χ3v) is 3.55. The lowest BCUT2D eigenvalue weighted by atomic mass is 10.2. The molecule has 0 aromatic carbocycles. The second-order valence-corrected chi connectivity index (χ2v) is 4.75. The average molecular weight is 245 g/mol. The number of nitrogens with zero attached hydrogens (tertiary/aromatic N) is 4. The lowest BCUT2D eigenvalue weighted by molar-refractivity contribution is 0.254. The minimum absolute atomic E-state index is 0.550. The fraction of sp³-hybridized carbons (Fsp3) is 0.615. The number of rotatable bonds is 5. The van der Waals surface area contributed by atoms with Crippen molar-refractivity contribution in [2.75, 3.05) is 25.5 Å². The van der Waals surface area contributed by atoms with Crippen LogP contribution in [0, 0.1) is 11.3 Å². The van der Waals surface area contributed by atoms with Gasteiger partial charge in [-0.25, -0.2) is 0 Å². The van der Waals surface area contributed by atoms with E-state index < -0.39 is 0 Å². The van der Waals surface area contributed by atoms with Crippen LogP contribution in [0.2, 0.25) is 0 Å². The van der Waals surface area contributed by atoms with Gasteiger partial charge in [0.15, 0.2) is 5.82 Å². The second kappa shape index (κ2) is 6.31. The van der Waals surface area contributed by atoms with E-state index in [1.165, 1.54) is 31.9 Å². The van der Waals surface area contributed by atoms with Crippen molar-refractivity contribution in [1.29, 1.82) is 5.26 Å². The normalized spacial score (nSPS) is 15.8. The standard InChI is InChI=1S/C13H19N5/c1-18(12-4-2-3-5-12)9-8-15-13-11(10-14)6-7-16-17-13/h6-7,12H,2-5,8-9H2,1H3,(H,15,17). The number of anilines is 1. The van der Waals surface area contributed by atoms with Crippen LogP contribution in [0.5, 0.6) is 0 Å². The summed E-state index contributed by atoms with van der Waals surface area (Å²) in [4.78, 5) is 2.39. The monoisotopic (exact) mass is 245 g/mol. The first-order chi connectivity index (χ1) is 8.81. The Kier molecular flexibility index (Phi) is 4.48. The number of likely N-dealkylation sites (N-methyl/N-ethyl adjacent to an activating group) is 1. The van der Waals surface area contributed by atoms with Gasteiger partial charge in [0.25, 0.3) is 0 Å². The number of hydrogen-bond donors (Lipinski definition) is 1. The summed E-state index contributed by atoms with van der Waals surface area (Å²) in [6, 6.07) is 4.51. The van der Waals surface area contributed by atoms with Gasteiger partial charge in [0, 0.05) is 19.1 Å². The summed E-state index contributed by atoms with van der Waals surface area (Å²) in [5.74, 6) is 0.583. The van der Waals surface area contributed by atoms with Gasteiger partial charge in [0.05, 0.1) is 11.8 Å². The van der Waals surface area contributed by atoms with Crippen molar-refractivity contribution >= 4 is 5.82 Å². The highest BCUT2D eigenvalue weighted by Crippen LogP contribution is 2.21. The maximum Gasteiger partial charge on any atom is 0.166 e. The van der Waals surface area contributed by atoms with Crippen molar-refractivity contribution in [3.05, 3.63) is 17.8 Å². The Bertz CT molecular complexity index is 420. The molecule has 1 aromatic rings. The Morgan fingerprint density at radius 3 is 3.00 bits per heavy atom. The van der Waals surface area contributed by atoms with Crippen molar-refractivity contribution < 1.29 is 0 Å². The number of hydrogen-bond acceptors (Lipinski definition) is 5. The molecule has 0 saturated heterocycles. The van der Waals surface area contributed by atoms with E-state index in [4.69, 9.17) is 5.26 Å². The van der Waals surface area contributed by atoms with Crippen LogP contribution in [0.3, 0.4) is 0 Å². The zero-order valence-corrected chi connectivity index (χ0v) is 10.8. The summed E-state index contributed by atoms with van der Waals surface area (Å²) in [5, 5.41) is 19.8. The molecule has 0 radical (unpaired) electrons. The molecule has 1 saturated carbocycles. The highest BCUT2D eigenvalue weighted by molar-refractivity contribution is 5.49. The van der Waals surface area contributed by atoms with Crippen molar-refractivity contribution in [2.24, 2.45) is 0 Å². The van der Waals surface area contributed by atoms with Crippen LogP contribution in [-0.4, -0.2) is 41.3 Å². The fourth-order valence-electron chi connectivity index (χ4n) is 2.43. The van der Waals surface area contributed by atoms with Crippen LogP contribution in [0.1, 0.15) is 31.2 Å². The molecule has 0 spiro atoms. The van der Waals surface area contributed by atoms with E-state index in [2.05, 4.69) is 33.5 Å². The molecular weight excluding hydrogens is 226 g/mol. The van der Waals surface area contributed by atoms with Gasteiger partial charge in [0.1, 0.15) is 6.07 Å². The lowest BCUT2D eigenvalue weighted by Gasteiger charge is -2.24. The largest absolute Gasteiger partial charge is 0.366 e. The third kappa shape index (κ3) is 3.17. The fourth-order valence-corrected chi connectivity index (χ4v) is 2.43. The summed E-state index contributed by atoms with van der Waals surface area (Å²) in [7, 11) is 2.17. The SMILES string of the molecule is CN(CCNc1nnccc1C#N)C1CCCC1. The van der Waals surface area contributed by atoms with Crippen LogP contribution in [-0.2, 0) is 0 Å². The Balaban J connectivity index is 1.79. The van der Waals surface area contributed by atoms with Crippen molar-refractivity contribution in [3.8, 4) is 6.07 Å². The first kappa shape index (κ1) is 12.8. The smallest absolute Gasteiger partial charge is 0.166 e. The average Bonchev–Trinajstić information content (AvgIpc) is 2.93. The molecule has 1 aliphatic rings. The van der Waals surface area contributed by atoms with Crippen LogP contribution in [0.25, 0.3) is 0 Å². The van der Waals surface area contributed by atoms with Crippen molar-refractivity contribution in [1.82, 2.24) is 15.1 Å². The molecule has 5 heteroatoms. The van der Waals surface area contributed by atoms with Gasteiger partial charge in [-0.2, -0.15) is 10.4 Å². The van der Waals surface area contributed by atoms with E-state index >= 15 is 0 Å². The summed E-state index contributed by atoms with van der Waals surface area (Å²) >= 11 is 0. The summed E-state index contributed by atoms with van der Waals surface area (Å²) in [5.41, 5.74) is 0.550. The van der Waals surface area contributed by atoms with Gasteiger partial charge >= 0.3 is 0 Å². The quantitative estimate of drug-likeness (QED) is 0.854. The van der Waals surface area contributed by atoms with E-state index in [0.29, 0.717) is 11.4 Å². The molecule has 2 rings (SSSR count). The summed E-state index contributed by atoms with van der Waals surface area (Å²) < 4.78 is 0. The Hall–Kier alpha value is -1.67. The van der Waals surface area contributed by atoms with Gasteiger partial charge in [-0.3, -0.25) is 0 Å². The van der Waals surface area contributed by atoms with Gasteiger partial charge in [-0.1, -0.05) is 12.8 Å². The third-order valence-electron chi connectivity index (χ3n) is 3.55. The molecule has 5 nitrogen and oxygen atoms in total. The Labute approximate surface area is 108 Å². The lowest BCUT2D eigenvalue weighted by Crippen LogP contribution is -2.33. The van der Waals surface area contributed by atoms with Crippen molar-refractivity contribution in [3.63, 3.8) is 0 Å². The molecule has 0 atom stereocenters. The minimum atomic E-state index is 0.550.